The van der Waals surface area contributed by atoms with Gasteiger partial charge in [0.25, 0.3) is 0 Å². The average Bonchev–Trinajstić information content (AvgIpc) is 3.05. The molecule has 30 heavy (non-hydrogen) atoms. The summed E-state index contributed by atoms with van der Waals surface area (Å²) in [6, 6.07) is 8.48. The molecule has 2 heterocycles. The topological polar surface area (TPSA) is 61.9 Å². The highest BCUT2D eigenvalue weighted by molar-refractivity contribution is 7.16. The first kappa shape index (κ1) is 22.5. The number of amides is 1. The second-order valence-corrected chi connectivity index (χ2v) is 8.94. The van der Waals surface area contributed by atoms with E-state index in [4.69, 9.17) is 4.74 Å². The summed E-state index contributed by atoms with van der Waals surface area (Å²) in [5.74, 6) is -0.479. The van der Waals surface area contributed by atoms with Crippen molar-refractivity contribution in [2.45, 2.75) is 33.7 Å². The van der Waals surface area contributed by atoms with E-state index in [2.05, 4.69) is 46.3 Å². The molecule has 7 heteroatoms. The molecule has 1 N–H and O–H groups in total. The molecule has 0 atom stereocenters. The fourth-order valence-electron chi connectivity index (χ4n) is 3.91. The molecule has 1 fully saturated rings. The number of carbonyl (C=O) groups is 2. The second-order valence-electron chi connectivity index (χ2n) is 7.71. The Labute approximate surface area is 182 Å². The largest absolute Gasteiger partial charge is 0.465 e. The third-order valence-electron chi connectivity index (χ3n) is 5.69. The smallest absolute Gasteiger partial charge is 0.341 e. The minimum Gasteiger partial charge on any atom is -0.465 e. The molecule has 6 nitrogen and oxygen atoms in total. The Morgan fingerprint density at radius 1 is 1.10 bits per heavy atom. The summed E-state index contributed by atoms with van der Waals surface area (Å²) in [6.45, 7) is 11.0. The van der Waals surface area contributed by atoms with E-state index in [1.807, 2.05) is 13.8 Å². The Hall–Kier alpha value is -2.22. The van der Waals surface area contributed by atoms with E-state index in [9.17, 15) is 9.59 Å². The van der Waals surface area contributed by atoms with Crippen molar-refractivity contribution in [3.05, 3.63) is 51.4 Å². The normalized spacial score (nSPS) is 15.2. The molecule has 0 unspecified atom stereocenters. The van der Waals surface area contributed by atoms with Crippen molar-refractivity contribution in [3.63, 3.8) is 0 Å². The lowest BCUT2D eigenvalue weighted by atomic mass is 10.1. The van der Waals surface area contributed by atoms with Gasteiger partial charge in [-0.1, -0.05) is 31.2 Å². The van der Waals surface area contributed by atoms with Gasteiger partial charge in [0.05, 0.1) is 19.2 Å². The predicted molar refractivity (Wildman–Crippen MR) is 121 cm³/mol. The number of hydrogen-bond acceptors (Lipinski definition) is 6. The Kier molecular flexibility index (Phi) is 7.64. The van der Waals surface area contributed by atoms with Crippen molar-refractivity contribution >= 4 is 28.2 Å². The fourth-order valence-corrected chi connectivity index (χ4v) is 5.06. The lowest BCUT2D eigenvalue weighted by molar-refractivity contribution is -0.117. The standard InChI is InChI=1S/C23H31N3O3S/c1-5-19-17(3)30-22(21(19)23(28)29-4)24-20(27)15-26-12-10-25(11-13-26)14-18-9-7-6-8-16(18)2/h6-9H,5,10-15H2,1-4H3,(H,24,27). The summed E-state index contributed by atoms with van der Waals surface area (Å²) in [5.41, 5.74) is 4.13. The molecule has 2 aromatic rings. The maximum atomic E-state index is 12.7. The number of hydrogen-bond donors (Lipinski definition) is 1. The zero-order valence-corrected chi connectivity index (χ0v) is 19.1. The molecule has 1 amide bonds. The number of rotatable bonds is 7. The van der Waals surface area contributed by atoms with Crippen LogP contribution >= 0.6 is 11.3 Å². The third kappa shape index (κ3) is 5.28. The zero-order valence-electron chi connectivity index (χ0n) is 18.3. The van der Waals surface area contributed by atoms with Gasteiger partial charge in [0.2, 0.25) is 5.91 Å². The highest BCUT2D eigenvalue weighted by atomic mass is 32.1. The molecule has 1 aliphatic rings. The molecule has 1 aromatic carbocycles. The number of ether oxygens (including phenoxy) is 1. The Bertz CT molecular complexity index is 901. The van der Waals surface area contributed by atoms with Crippen LogP contribution in [0.5, 0.6) is 0 Å². The number of methoxy groups -OCH3 is 1. The van der Waals surface area contributed by atoms with Gasteiger partial charge < -0.3 is 10.1 Å². The predicted octanol–water partition coefficient (Wildman–Crippen LogP) is 3.47. The number of esters is 1. The van der Waals surface area contributed by atoms with Crippen LogP contribution in [0.2, 0.25) is 0 Å². The van der Waals surface area contributed by atoms with Gasteiger partial charge >= 0.3 is 5.97 Å². The molecule has 1 aliphatic heterocycles. The lowest BCUT2D eigenvalue weighted by Gasteiger charge is -2.34. The first-order valence-electron chi connectivity index (χ1n) is 10.4. The molecule has 0 spiro atoms. The van der Waals surface area contributed by atoms with E-state index in [1.54, 1.807) is 0 Å². The van der Waals surface area contributed by atoms with Crippen LogP contribution in [0.4, 0.5) is 5.00 Å². The summed E-state index contributed by atoms with van der Waals surface area (Å²) in [5, 5.41) is 3.55. The van der Waals surface area contributed by atoms with E-state index in [0.717, 1.165) is 49.6 Å². The molecule has 3 rings (SSSR count). The van der Waals surface area contributed by atoms with Crippen LogP contribution in [0.3, 0.4) is 0 Å². The zero-order chi connectivity index (χ0) is 21.7. The van der Waals surface area contributed by atoms with Crippen molar-refractivity contribution in [1.29, 1.82) is 0 Å². The second kappa shape index (κ2) is 10.2. The molecular formula is C23H31N3O3S. The van der Waals surface area contributed by atoms with E-state index < -0.39 is 5.97 Å². The van der Waals surface area contributed by atoms with E-state index in [0.29, 0.717) is 17.1 Å². The minimum absolute atomic E-state index is 0.0867. The number of nitrogens with zero attached hydrogens (tertiary/aromatic N) is 2. The summed E-state index contributed by atoms with van der Waals surface area (Å²) in [4.78, 5) is 30.5. The minimum atomic E-state index is -0.392. The highest BCUT2D eigenvalue weighted by Crippen LogP contribution is 2.34. The SMILES string of the molecule is CCc1c(C)sc(NC(=O)CN2CCN(Cc3ccccc3C)CC2)c1C(=O)OC. The van der Waals surface area contributed by atoms with Crippen LogP contribution in [0.1, 0.15) is 38.8 Å². The van der Waals surface area contributed by atoms with Gasteiger partial charge in [-0.2, -0.15) is 0 Å². The monoisotopic (exact) mass is 429 g/mol. The molecule has 0 saturated carbocycles. The van der Waals surface area contributed by atoms with Crippen LogP contribution in [-0.2, 0) is 22.5 Å². The van der Waals surface area contributed by atoms with Gasteiger partial charge in [-0.25, -0.2) is 4.79 Å². The maximum Gasteiger partial charge on any atom is 0.341 e. The van der Waals surface area contributed by atoms with E-state index in [-0.39, 0.29) is 5.91 Å². The molecule has 1 aromatic heterocycles. The Balaban J connectivity index is 1.54. The summed E-state index contributed by atoms with van der Waals surface area (Å²) in [7, 11) is 1.37. The first-order valence-corrected chi connectivity index (χ1v) is 11.2. The summed E-state index contributed by atoms with van der Waals surface area (Å²) in [6.07, 6.45) is 0.728. The number of piperazine rings is 1. The fraction of sp³-hybridized carbons (Fsp3) is 0.478. The van der Waals surface area contributed by atoms with Gasteiger partial charge in [0.15, 0.2) is 0 Å². The van der Waals surface area contributed by atoms with Crippen molar-refractivity contribution in [3.8, 4) is 0 Å². The van der Waals surface area contributed by atoms with Gasteiger partial charge in [0.1, 0.15) is 5.00 Å². The van der Waals surface area contributed by atoms with Crippen molar-refractivity contribution in [2.24, 2.45) is 0 Å². The number of nitrogens with one attached hydrogen (secondary N) is 1. The van der Waals surface area contributed by atoms with Crippen LogP contribution in [0, 0.1) is 13.8 Å². The molecular weight excluding hydrogens is 398 g/mol. The maximum absolute atomic E-state index is 12.7. The summed E-state index contributed by atoms with van der Waals surface area (Å²) >= 11 is 1.44. The number of benzene rings is 1. The van der Waals surface area contributed by atoms with Crippen molar-refractivity contribution in [2.75, 3.05) is 45.2 Å². The van der Waals surface area contributed by atoms with Gasteiger partial charge in [-0.15, -0.1) is 11.3 Å². The molecule has 1 saturated heterocycles. The van der Waals surface area contributed by atoms with Crippen LogP contribution < -0.4 is 5.32 Å². The molecule has 0 radical (unpaired) electrons. The number of aryl methyl sites for hydroxylation is 2. The average molecular weight is 430 g/mol. The van der Waals surface area contributed by atoms with Gasteiger partial charge in [-0.05, 0) is 37.0 Å². The lowest BCUT2D eigenvalue weighted by Crippen LogP contribution is -2.48. The first-order chi connectivity index (χ1) is 14.4. The highest BCUT2D eigenvalue weighted by Gasteiger charge is 2.24. The Morgan fingerprint density at radius 2 is 1.77 bits per heavy atom. The van der Waals surface area contributed by atoms with Crippen molar-refractivity contribution in [1.82, 2.24) is 9.80 Å². The van der Waals surface area contributed by atoms with Crippen LogP contribution in [-0.4, -0.2) is 61.5 Å². The molecule has 162 valence electrons. The summed E-state index contributed by atoms with van der Waals surface area (Å²) < 4.78 is 4.93. The molecule has 0 aliphatic carbocycles. The third-order valence-corrected chi connectivity index (χ3v) is 6.76. The van der Waals surface area contributed by atoms with Gasteiger partial charge in [-0.3, -0.25) is 14.6 Å². The molecule has 0 bridgehead atoms. The number of anilines is 1. The van der Waals surface area contributed by atoms with Crippen molar-refractivity contribution < 1.29 is 14.3 Å². The number of carbonyl (C=O) groups excluding carboxylic acids is 2. The van der Waals surface area contributed by atoms with Crippen LogP contribution in [0.25, 0.3) is 0 Å². The Morgan fingerprint density at radius 3 is 2.40 bits per heavy atom. The van der Waals surface area contributed by atoms with Gasteiger partial charge in [0, 0.05) is 37.6 Å². The van der Waals surface area contributed by atoms with E-state index in [1.165, 1.54) is 29.6 Å². The van der Waals surface area contributed by atoms with E-state index >= 15 is 0 Å². The van der Waals surface area contributed by atoms with Crippen LogP contribution in [0.15, 0.2) is 24.3 Å². The quantitative estimate of drug-likeness (QED) is 0.683. The number of thiophene rings is 1.